The molecule has 19 heavy (non-hydrogen) atoms. The Morgan fingerprint density at radius 3 is 2.53 bits per heavy atom. The van der Waals surface area contributed by atoms with Gasteiger partial charge in [0.05, 0.1) is 0 Å². The third-order valence-corrected chi connectivity index (χ3v) is 5.38. The minimum absolute atomic E-state index is 0.496. The number of halogens is 1. The predicted molar refractivity (Wildman–Crippen MR) is 91.4 cm³/mol. The van der Waals surface area contributed by atoms with E-state index in [1.807, 2.05) is 0 Å². The molecular formula is C17H26IN. The van der Waals surface area contributed by atoms with Gasteiger partial charge in [0.15, 0.2) is 0 Å². The maximum Gasteiger partial charge on any atom is 0.0141 e. The molecule has 0 aliphatic heterocycles. The molecule has 1 aromatic carbocycles. The Morgan fingerprint density at radius 2 is 2.00 bits per heavy atom. The second-order valence-corrected chi connectivity index (χ2v) is 7.73. The molecule has 0 radical (unpaired) electrons. The summed E-state index contributed by atoms with van der Waals surface area (Å²) in [5.74, 6) is 0.812. The van der Waals surface area contributed by atoms with Crippen molar-refractivity contribution in [3.63, 3.8) is 0 Å². The summed E-state index contributed by atoms with van der Waals surface area (Å²) in [4.78, 5) is 0. The monoisotopic (exact) mass is 371 g/mol. The van der Waals surface area contributed by atoms with Gasteiger partial charge in [-0.1, -0.05) is 39.3 Å². The lowest BCUT2D eigenvalue weighted by molar-refractivity contribution is 0.197. The molecule has 1 fully saturated rings. The first-order chi connectivity index (χ1) is 9.03. The maximum atomic E-state index is 3.74. The van der Waals surface area contributed by atoms with E-state index >= 15 is 0 Å². The number of likely N-dealkylation sites (N-methyl/N-ethyl adjacent to an activating group) is 1. The molecule has 0 aromatic heterocycles. The Hall–Kier alpha value is -0.0900. The molecule has 0 amide bonds. The third-order valence-electron chi connectivity index (χ3n) is 4.66. The van der Waals surface area contributed by atoms with Crippen LogP contribution in [-0.4, -0.2) is 12.6 Å². The highest BCUT2D eigenvalue weighted by Gasteiger charge is 2.38. The smallest absolute Gasteiger partial charge is 0.0141 e. The zero-order chi connectivity index (χ0) is 13.9. The molecule has 0 bridgehead atoms. The van der Waals surface area contributed by atoms with Crippen molar-refractivity contribution in [3.05, 3.63) is 33.4 Å². The summed E-state index contributed by atoms with van der Waals surface area (Å²) in [6.45, 7) is 8.19. The van der Waals surface area contributed by atoms with E-state index in [0.29, 0.717) is 11.5 Å². The van der Waals surface area contributed by atoms with Crippen LogP contribution in [0.2, 0.25) is 0 Å². The zero-order valence-corrected chi connectivity index (χ0v) is 14.5. The Labute approximate surface area is 131 Å². The van der Waals surface area contributed by atoms with Crippen molar-refractivity contribution in [1.29, 1.82) is 0 Å². The van der Waals surface area contributed by atoms with Crippen molar-refractivity contribution in [2.45, 2.75) is 52.5 Å². The van der Waals surface area contributed by atoms with E-state index in [1.54, 1.807) is 0 Å². The molecule has 2 atom stereocenters. The summed E-state index contributed by atoms with van der Waals surface area (Å²) in [6, 6.07) is 9.64. The van der Waals surface area contributed by atoms with Crippen molar-refractivity contribution < 1.29 is 0 Å². The number of hydrogen-bond donors (Lipinski definition) is 1. The average molecular weight is 371 g/mol. The molecule has 1 N–H and O–H groups in total. The number of rotatable bonds is 5. The molecule has 1 nitrogen and oxygen atoms in total. The molecule has 1 aliphatic carbocycles. The van der Waals surface area contributed by atoms with Crippen molar-refractivity contribution in [2.24, 2.45) is 11.3 Å². The Bertz CT molecular complexity index is 396. The van der Waals surface area contributed by atoms with Crippen molar-refractivity contribution in [3.8, 4) is 0 Å². The maximum absolute atomic E-state index is 3.74. The van der Waals surface area contributed by atoms with Gasteiger partial charge in [0, 0.05) is 9.61 Å². The van der Waals surface area contributed by atoms with Gasteiger partial charge in [-0.3, -0.25) is 0 Å². The fourth-order valence-corrected chi connectivity index (χ4v) is 3.95. The quantitative estimate of drug-likeness (QED) is 0.744. The topological polar surface area (TPSA) is 12.0 Å². The number of nitrogens with one attached hydrogen (secondary N) is 1. The summed E-state index contributed by atoms with van der Waals surface area (Å²) in [5.41, 5.74) is 1.96. The van der Waals surface area contributed by atoms with Gasteiger partial charge in [-0.2, -0.15) is 0 Å². The normalized spacial score (nSPS) is 23.5. The Balaban J connectivity index is 2.09. The summed E-state index contributed by atoms with van der Waals surface area (Å²) >= 11 is 2.37. The highest BCUT2D eigenvalue weighted by atomic mass is 127. The Morgan fingerprint density at radius 1 is 1.32 bits per heavy atom. The molecule has 1 saturated carbocycles. The molecule has 2 unspecified atom stereocenters. The highest BCUT2D eigenvalue weighted by Crippen LogP contribution is 2.44. The fourth-order valence-electron chi connectivity index (χ4n) is 3.59. The molecule has 1 aliphatic rings. The number of hydrogen-bond acceptors (Lipinski definition) is 1. The second-order valence-electron chi connectivity index (χ2n) is 6.48. The van der Waals surface area contributed by atoms with Crippen LogP contribution < -0.4 is 5.32 Å². The molecule has 2 rings (SSSR count). The lowest BCUT2D eigenvalue weighted by Gasteiger charge is -2.35. The van der Waals surface area contributed by atoms with E-state index in [2.05, 4.69) is 72.9 Å². The standard InChI is InChI=1S/C17H26IN/c1-4-19-16(15-6-5-11-17(15,2)3)12-13-7-9-14(18)10-8-13/h7-10,15-16,19H,4-6,11-12H2,1-3H3. The largest absolute Gasteiger partial charge is 0.314 e. The summed E-state index contributed by atoms with van der Waals surface area (Å²) in [6.07, 6.45) is 5.33. The molecule has 106 valence electrons. The van der Waals surface area contributed by atoms with Crippen LogP contribution in [0.4, 0.5) is 0 Å². The van der Waals surface area contributed by atoms with Crippen LogP contribution in [0.15, 0.2) is 24.3 Å². The van der Waals surface area contributed by atoms with Crippen LogP contribution in [0.5, 0.6) is 0 Å². The number of benzene rings is 1. The second kappa shape index (κ2) is 6.57. The van der Waals surface area contributed by atoms with Gasteiger partial charge in [0.1, 0.15) is 0 Å². The fraction of sp³-hybridized carbons (Fsp3) is 0.647. The van der Waals surface area contributed by atoms with E-state index < -0.39 is 0 Å². The van der Waals surface area contributed by atoms with Crippen LogP contribution in [0.3, 0.4) is 0 Å². The minimum atomic E-state index is 0.496. The van der Waals surface area contributed by atoms with E-state index in [0.717, 1.165) is 12.5 Å². The van der Waals surface area contributed by atoms with Crippen LogP contribution >= 0.6 is 22.6 Å². The predicted octanol–water partition coefficient (Wildman–Crippen LogP) is 4.64. The molecule has 0 spiro atoms. The van der Waals surface area contributed by atoms with Crippen molar-refractivity contribution in [1.82, 2.24) is 5.32 Å². The van der Waals surface area contributed by atoms with Gasteiger partial charge >= 0.3 is 0 Å². The van der Waals surface area contributed by atoms with Crippen LogP contribution in [0.25, 0.3) is 0 Å². The SMILES string of the molecule is CCNC(Cc1ccc(I)cc1)C1CCCC1(C)C. The average Bonchev–Trinajstić information content (AvgIpc) is 2.71. The van der Waals surface area contributed by atoms with E-state index in [1.165, 1.54) is 34.8 Å². The van der Waals surface area contributed by atoms with E-state index in [9.17, 15) is 0 Å². The summed E-state index contributed by atoms with van der Waals surface area (Å²) < 4.78 is 1.32. The highest BCUT2D eigenvalue weighted by molar-refractivity contribution is 14.1. The van der Waals surface area contributed by atoms with Crippen LogP contribution in [0, 0.1) is 14.9 Å². The van der Waals surface area contributed by atoms with Gasteiger partial charge < -0.3 is 5.32 Å². The first-order valence-electron chi connectivity index (χ1n) is 7.51. The Kier molecular flexibility index (Phi) is 5.29. The van der Waals surface area contributed by atoms with Crippen molar-refractivity contribution in [2.75, 3.05) is 6.54 Å². The minimum Gasteiger partial charge on any atom is -0.314 e. The summed E-state index contributed by atoms with van der Waals surface area (Å²) in [5, 5.41) is 3.74. The lowest BCUT2D eigenvalue weighted by Crippen LogP contribution is -2.42. The molecule has 1 aromatic rings. The lowest BCUT2D eigenvalue weighted by atomic mass is 9.76. The van der Waals surface area contributed by atoms with Crippen molar-refractivity contribution >= 4 is 22.6 Å². The third kappa shape index (κ3) is 3.94. The van der Waals surface area contributed by atoms with Crippen LogP contribution in [-0.2, 0) is 6.42 Å². The van der Waals surface area contributed by atoms with Gasteiger partial charge in [-0.25, -0.2) is 0 Å². The zero-order valence-electron chi connectivity index (χ0n) is 12.4. The van der Waals surface area contributed by atoms with Crippen LogP contribution in [0.1, 0.15) is 45.6 Å². The molecule has 0 heterocycles. The summed E-state index contributed by atoms with van der Waals surface area (Å²) in [7, 11) is 0. The first kappa shape index (κ1) is 15.3. The van der Waals surface area contributed by atoms with E-state index in [4.69, 9.17) is 0 Å². The molecule has 2 heteroatoms. The van der Waals surface area contributed by atoms with Gasteiger partial charge in [0.25, 0.3) is 0 Å². The van der Waals surface area contributed by atoms with Gasteiger partial charge in [-0.15, -0.1) is 0 Å². The molecular weight excluding hydrogens is 345 g/mol. The molecule has 0 saturated heterocycles. The van der Waals surface area contributed by atoms with Gasteiger partial charge in [0.2, 0.25) is 0 Å². The van der Waals surface area contributed by atoms with Gasteiger partial charge in [-0.05, 0) is 77.4 Å². The van der Waals surface area contributed by atoms with E-state index in [-0.39, 0.29) is 0 Å². The first-order valence-corrected chi connectivity index (χ1v) is 8.58.